The minimum atomic E-state index is -0.701. The second-order valence-corrected chi connectivity index (χ2v) is 7.22. The summed E-state index contributed by atoms with van der Waals surface area (Å²) in [6, 6.07) is 19.4. The van der Waals surface area contributed by atoms with Gasteiger partial charge in [-0.05, 0) is 65.4 Å². The van der Waals surface area contributed by atoms with Crippen molar-refractivity contribution in [3.63, 3.8) is 0 Å². The molecule has 2 aromatic carbocycles. The van der Waals surface area contributed by atoms with Gasteiger partial charge in [-0.3, -0.25) is 0 Å². The van der Waals surface area contributed by atoms with Crippen molar-refractivity contribution >= 4 is 40.1 Å². The number of nitrogens with zero attached hydrogens (tertiary/aromatic N) is 4. The lowest BCUT2D eigenvalue weighted by atomic mass is 9.95. The number of halogens is 1. The van der Waals surface area contributed by atoms with E-state index in [1.165, 1.54) is 0 Å². The Balaban J connectivity index is 1.99. The van der Waals surface area contributed by atoms with E-state index in [9.17, 15) is 10.5 Å². The summed E-state index contributed by atoms with van der Waals surface area (Å²) in [6.45, 7) is 2.52. The maximum atomic E-state index is 9.72. The van der Waals surface area contributed by atoms with Crippen LogP contribution in [0.5, 0.6) is 5.75 Å². The average Bonchev–Trinajstić information content (AvgIpc) is 3.05. The summed E-state index contributed by atoms with van der Waals surface area (Å²) in [5.41, 5.74) is 8.56. The van der Waals surface area contributed by atoms with E-state index >= 15 is 0 Å². The molecule has 140 valence electrons. The van der Waals surface area contributed by atoms with Crippen LogP contribution in [0.25, 0.3) is 6.08 Å². The van der Waals surface area contributed by atoms with Gasteiger partial charge in [0.1, 0.15) is 23.9 Å². The van der Waals surface area contributed by atoms with E-state index in [4.69, 9.17) is 10.5 Å². The van der Waals surface area contributed by atoms with E-state index in [-0.39, 0.29) is 0 Å². The van der Waals surface area contributed by atoms with Gasteiger partial charge in [-0.25, -0.2) is 5.01 Å². The SMILES string of the molecule is CCOc1ccc(C=C(C#N)C2=NN(c3ccccc3)C(N)C2C#N)cc1I. The summed E-state index contributed by atoms with van der Waals surface area (Å²) in [6.07, 6.45) is 1.07. The number of nitrogens with two attached hydrogens (primary N) is 1. The molecule has 28 heavy (non-hydrogen) atoms. The van der Waals surface area contributed by atoms with E-state index in [1.807, 2.05) is 55.5 Å². The van der Waals surface area contributed by atoms with Gasteiger partial charge in [-0.15, -0.1) is 0 Å². The van der Waals surface area contributed by atoms with Crippen LogP contribution < -0.4 is 15.5 Å². The van der Waals surface area contributed by atoms with Gasteiger partial charge in [0, 0.05) is 0 Å². The molecular weight excluding hydrogens is 465 g/mol. The van der Waals surface area contributed by atoms with Gasteiger partial charge in [0.15, 0.2) is 0 Å². The smallest absolute Gasteiger partial charge is 0.132 e. The highest BCUT2D eigenvalue weighted by Gasteiger charge is 2.37. The molecular formula is C21H18IN5O. The van der Waals surface area contributed by atoms with E-state index in [0.29, 0.717) is 17.9 Å². The zero-order chi connectivity index (χ0) is 20.1. The second kappa shape index (κ2) is 8.87. The molecule has 0 aliphatic carbocycles. The number of ether oxygens (including phenoxy) is 1. The van der Waals surface area contributed by atoms with Gasteiger partial charge in [-0.1, -0.05) is 24.3 Å². The molecule has 0 radical (unpaired) electrons. The molecule has 1 heterocycles. The number of hydrogen-bond acceptors (Lipinski definition) is 6. The normalized spacial score (nSPS) is 19.0. The van der Waals surface area contributed by atoms with Gasteiger partial charge in [0.05, 0.1) is 33.2 Å². The summed E-state index contributed by atoms with van der Waals surface area (Å²) < 4.78 is 6.49. The van der Waals surface area contributed by atoms with Crippen molar-refractivity contribution in [2.24, 2.45) is 16.8 Å². The van der Waals surface area contributed by atoms with Crippen LogP contribution in [0.1, 0.15) is 12.5 Å². The third kappa shape index (κ3) is 4.01. The van der Waals surface area contributed by atoms with Crippen molar-refractivity contribution in [3.05, 3.63) is 63.2 Å². The molecule has 2 atom stereocenters. The predicted molar refractivity (Wildman–Crippen MR) is 117 cm³/mol. The zero-order valence-corrected chi connectivity index (χ0v) is 17.4. The summed E-state index contributed by atoms with van der Waals surface area (Å²) in [7, 11) is 0. The van der Waals surface area contributed by atoms with Gasteiger partial charge >= 0.3 is 0 Å². The quantitative estimate of drug-likeness (QED) is 0.514. The maximum absolute atomic E-state index is 9.72. The number of benzene rings is 2. The zero-order valence-electron chi connectivity index (χ0n) is 15.2. The molecule has 0 amide bonds. The molecule has 1 aliphatic rings. The highest BCUT2D eigenvalue weighted by molar-refractivity contribution is 14.1. The third-order valence-corrected chi connectivity index (χ3v) is 5.10. The van der Waals surface area contributed by atoms with E-state index in [1.54, 1.807) is 11.1 Å². The highest BCUT2D eigenvalue weighted by Crippen LogP contribution is 2.29. The molecule has 2 aromatic rings. The first-order valence-corrected chi connectivity index (χ1v) is 9.79. The van der Waals surface area contributed by atoms with Crippen LogP contribution in [0.4, 0.5) is 5.69 Å². The largest absolute Gasteiger partial charge is 0.493 e. The van der Waals surface area contributed by atoms with Gasteiger partial charge in [0.2, 0.25) is 0 Å². The third-order valence-electron chi connectivity index (χ3n) is 4.26. The molecule has 2 unspecified atom stereocenters. The fourth-order valence-corrected chi connectivity index (χ4v) is 3.62. The Kier molecular flexibility index (Phi) is 6.30. The molecule has 0 saturated carbocycles. The van der Waals surface area contributed by atoms with Crippen molar-refractivity contribution in [1.82, 2.24) is 0 Å². The predicted octanol–water partition coefficient (Wildman–Crippen LogP) is 3.90. The Labute approximate surface area is 177 Å². The summed E-state index contributed by atoms with van der Waals surface area (Å²) in [5, 5.41) is 25.5. The van der Waals surface area contributed by atoms with Crippen molar-refractivity contribution in [2.45, 2.75) is 13.1 Å². The molecule has 6 nitrogen and oxygen atoms in total. The van der Waals surface area contributed by atoms with Crippen molar-refractivity contribution in [1.29, 1.82) is 10.5 Å². The van der Waals surface area contributed by atoms with Gasteiger partial charge < -0.3 is 10.5 Å². The standard InChI is InChI=1S/C21H18IN5O/c1-2-28-19-9-8-14(11-18(19)22)10-15(12-23)20-17(13-24)21(25)27(26-20)16-6-4-3-5-7-16/h3-11,17,21H,2,25H2,1H3. The number of nitriles is 2. The number of anilines is 1. The van der Waals surface area contributed by atoms with Crippen molar-refractivity contribution in [3.8, 4) is 17.9 Å². The Morgan fingerprint density at radius 3 is 2.64 bits per heavy atom. The molecule has 0 spiro atoms. The monoisotopic (exact) mass is 483 g/mol. The molecule has 3 rings (SSSR count). The van der Waals surface area contributed by atoms with Crippen LogP contribution in [0.2, 0.25) is 0 Å². The van der Waals surface area contributed by atoms with Crippen LogP contribution in [-0.4, -0.2) is 18.5 Å². The summed E-state index contributed by atoms with van der Waals surface area (Å²) in [5.74, 6) is 0.0945. The Morgan fingerprint density at radius 1 is 1.29 bits per heavy atom. The number of hydrazone groups is 1. The number of allylic oxidation sites excluding steroid dienone is 1. The van der Waals surface area contributed by atoms with Gasteiger partial charge in [-0.2, -0.15) is 15.6 Å². The maximum Gasteiger partial charge on any atom is 0.132 e. The molecule has 7 heteroatoms. The number of para-hydroxylation sites is 1. The Morgan fingerprint density at radius 2 is 2.04 bits per heavy atom. The van der Waals surface area contributed by atoms with E-state index in [0.717, 1.165) is 20.6 Å². The lowest BCUT2D eigenvalue weighted by Gasteiger charge is -2.21. The summed E-state index contributed by atoms with van der Waals surface area (Å²) >= 11 is 2.19. The topological polar surface area (TPSA) is 98.4 Å². The lowest BCUT2D eigenvalue weighted by molar-refractivity contribution is 0.338. The first-order valence-electron chi connectivity index (χ1n) is 8.71. The molecule has 2 N–H and O–H groups in total. The second-order valence-electron chi connectivity index (χ2n) is 6.06. The lowest BCUT2D eigenvalue weighted by Crippen LogP contribution is -2.40. The van der Waals surface area contributed by atoms with E-state index in [2.05, 4.69) is 39.8 Å². The highest BCUT2D eigenvalue weighted by atomic mass is 127. The Bertz CT molecular complexity index is 1000. The van der Waals surface area contributed by atoms with Gasteiger partial charge in [0.25, 0.3) is 0 Å². The van der Waals surface area contributed by atoms with Crippen LogP contribution >= 0.6 is 22.6 Å². The van der Waals surface area contributed by atoms with Crippen molar-refractivity contribution < 1.29 is 4.74 Å². The molecule has 0 bridgehead atoms. The summed E-state index contributed by atoms with van der Waals surface area (Å²) in [4.78, 5) is 0. The minimum Gasteiger partial charge on any atom is -0.493 e. The molecule has 0 saturated heterocycles. The first-order chi connectivity index (χ1) is 13.6. The van der Waals surface area contributed by atoms with Crippen LogP contribution in [0.3, 0.4) is 0 Å². The average molecular weight is 483 g/mol. The molecule has 0 aromatic heterocycles. The van der Waals surface area contributed by atoms with E-state index < -0.39 is 12.1 Å². The van der Waals surface area contributed by atoms with Crippen LogP contribution in [-0.2, 0) is 0 Å². The molecule has 1 aliphatic heterocycles. The fraction of sp³-hybridized carbons (Fsp3) is 0.190. The number of rotatable bonds is 5. The fourth-order valence-electron chi connectivity index (χ4n) is 2.93. The van der Waals surface area contributed by atoms with Crippen molar-refractivity contribution in [2.75, 3.05) is 11.6 Å². The van der Waals surface area contributed by atoms with Crippen LogP contribution in [0.15, 0.2) is 59.2 Å². The molecule has 0 fully saturated rings. The Hall–Kier alpha value is -2.88. The van der Waals surface area contributed by atoms with Crippen LogP contribution in [0, 0.1) is 32.2 Å². The minimum absolute atomic E-state index is 0.320. The first kappa shape index (κ1) is 19.9. The number of hydrogen-bond donors (Lipinski definition) is 1.